The van der Waals surface area contributed by atoms with Crippen molar-refractivity contribution in [2.75, 3.05) is 5.73 Å². The second-order valence-electron chi connectivity index (χ2n) is 1.69. The third kappa shape index (κ3) is 1.57. The minimum Gasteiger partial charge on any atom is -0.384 e. The molecule has 1 heterocycles. The number of aromatic nitrogens is 1. The van der Waals surface area contributed by atoms with Crippen LogP contribution in [0.15, 0.2) is 18.2 Å². The molecule has 2 N–H and O–H groups in total. The van der Waals surface area contributed by atoms with E-state index in [0.717, 1.165) is 5.69 Å². The Balaban J connectivity index is 2.94. The molecule has 9 heavy (non-hydrogen) atoms. The van der Waals surface area contributed by atoms with Gasteiger partial charge in [0.25, 0.3) is 0 Å². The first-order valence-electron chi connectivity index (χ1n) is 2.60. The molecule has 1 aromatic heterocycles. The van der Waals surface area contributed by atoms with Crippen LogP contribution in [0, 0.1) is 0 Å². The van der Waals surface area contributed by atoms with Crippen molar-refractivity contribution < 1.29 is 0 Å². The number of rotatable bonds is 1. The van der Waals surface area contributed by atoms with E-state index >= 15 is 0 Å². The number of hydrogen-bond acceptors (Lipinski definition) is 2. The first-order valence-corrected chi connectivity index (χ1v) is 3.14. The summed E-state index contributed by atoms with van der Waals surface area (Å²) in [5.74, 6) is 0.943. The van der Waals surface area contributed by atoms with Crippen LogP contribution >= 0.6 is 11.6 Å². The molecule has 0 amide bonds. The molecular formula is C6H7ClN2. The van der Waals surface area contributed by atoms with E-state index in [1.54, 1.807) is 6.07 Å². The lowest BCUT2D eigenvalue weighted by atomic mass is 10.4. The van der Waals surface area contributed by atoms with Gasteiger partial charge < -0.3 is 5.73 Å². The quantitative estimate of drug-likeness (QED) is 0.602. The fourth-order valence-electron chi connectivity index (χ4n) is 0.573. The van der Waals surface area contributed by atoms with Gasteiger partial charge in [-0.2, -0.15) is 0 Å². The van der Waals surface area contributed by atoms with Gasteiger partial charge in [-0.05, 0) is 12.1 Å². The molecule has 0 aliphatic heterocycles. The number of alkyl halides is 1. The molecule has 0 spiro atoms. The predicted molar refractivity (Wildman–Crippen MR) is 38.2 cm³/mol. The summed E-state index contributed by atoms with van der Waals surface area (Å²) in [5.41, 5.74) is 6.18. The maximum atomic E-state index is 5.48. The molecule has 0 aliphatic rings. The van der Waals surface area contributed by atoms with Crippen LogP contribution in [0.2, 0.25) is 0 Å². The third-order valence-corrected chi connectivity index (χ3v) is 1.24. The highest BCUT2D eigenvalue weighted by Crippen LogP contribution is 2.02. The number of pyridine rings is 1. The van der Waals surface area contributed by atoms with E-state index < -0.39 is 0 Å². The van der Waals surface area contributed by atoms with Crippen LogP contribution in [-0.4, -0.2) is 4.98 Å². The Morgan fingerprint density at radius 2 is 2.33 bits per heavy atom. The van der Waals surface area contributed by atoms with Crippen LogP contribution in [0.25, 0.3) is 0 Å². The van der Waals surface area contributed by atoms with Gasteiger partial charge in [-0.1, -0.05) is 6.07 Å². The second-order valence-corrected chi connectivity index (χ2v) is 1.95. The molecule has 0 aromatic carbocycles. The number of hydrogen-bond donors (Lipinski definition) is 1. The van der Waals surface area contributed by atoms with Gasteiger partial charge in [-0.15, -0.1) is 11.6 Å². The van der Waals surface area contributed by atoms with Crippen molar-refractivity contribution >= 4 is 17.4 Å². The lowest BCUT2D eigenvalue weighted by molar-refractivity contribution is 1.18. The monoisotopic (exact) mass is 142 g/mol. The minimum absolute atomic E-state index is 0.422. The number of nitrogens with two attached hydrogens (primary N) is 1. The molecule has 0 atom stereocenters. The SMILES string of the molecule is Nc1cccc(CCl)n1. The average Bonchev–Trinajstić information content (AvgIpc) is 1.88. The van der Waals surface area contributed by atoms with Gasteiger partial charge in [0.05, 0.1) is 11.6 Å². The summed E-state index contributed by atoms with van der Waals surface area (Å²) in [5, 5.41) is 0. The van der Waals surface area contributed by atoms with Crippen LogP contribution in [0.3, 0.4) is 0 Å². The van der Waals surface area contributed by atoms with Crippen molar-refractivity contribution in [1.82, 2.24) is 4.98 Å². The van der Waals surface area contributed by atoms with Gasteiger partial charge in [0.15, 0.2) is 0 Å². The maximum Gasteiger partial charge on any atom is 0.123 e. The second kappa shape index (κ2) is 2.69. The van der Waals surface area contributed by atoms with Crippen LogP contribution < -0.4 is 5.73 Å². The van der Waals surface area contributed by atoms with Crippen LogP contribution in [0.4, 0.5) is 5.82 Å². The zero-order valence-electron chi connectivity index (χ0n) is 4.84. The molecule has 0 unspecified atom stereocenters. The molecule has 48 valence electrons. The Morgan fingerprint density at radius 1 is 1.56 bits per heavy atom. The fourth-order valence-corrected chi connectivity index (χ4v) is 0.721. The Labute approximate surface area is 58.7 Å². The van der Waals surface area contributed by atoms with Crippen LogP contribution in [0.5, 0.6) is 0 Å². The molecule has 0 saturated heterocycles. The van der Waals surface area contributed by atoms with Gasteiger partial charge in [0, 0.05) is 0 Å². The Hall–Kier alpha value is -0.760. The summed E-state index contributed by atoms with van der Waals surface area (Å²) >= 11 is 5.48. The molecule has 0 radical (unpaired) electrons. The van der Waals surface area contributed by atoms with E-state index in [1.807, 2.05) is 12.1 Å². The van der Waals surface area contributed by atoms with Gasteiger partial charge in [0.1, 0.15) is 5.82 Å². The standard InChI is InChI=1S/C6H7ClN2/c7-4-5-2-1-3-6(8)9-5/h1-3H,4H2,(H2,8,9). The van der Waals surface area contributed by atoms with E-state index in [-0.39, 0.29) is 0 Å². The van der Waals surface area contributed by atoms with E-state index in [2.05, 4.69) is 4.98 Å². The van der Waals surface area contributed by atoms with E-state index in [1.165, 1.54) is 0 Å². The minimum atomic E-state index is 0.422. The molecule has 1 rings (SSSR count). The van der Waals surface area contributed by atoms with Gasteiger partial charge in [0.2, 0.25) is 0 Å². The van der Waals surface area contributed by atoms with Gasteiger partial charge in [-0.25, -0.2) is 4.98 Å². The highest BCUT2D eigenvalue weighted by atomic mass is 35.5. The topological polar surface area (TPSA) is 38.9 Å². The summed E-state index contributed by atoms with van der Waals surface area (Å²) in [7, 11) is 0. The number of anilines is 1. The lowest BCUT2D eigenvalue weighted by Crippen LogP contribution is -1.91. The molecule has 3 heteroatoms. The summed E-state index contributed by atoms with van der Waals surface area (Å²) < 4.78 is 0. The Kier molecular flexibility index (Phi) is 1.90. The third-order valence-electron chi connectivity index (χ3n) is 0.965. The van der Waals surface area contributed by atoms with E-state index in [9.17, 15) is 0 Å². The van der Waals surface area contributed by atoms with Crippen molar-refractivity contribution in [3.63, 3.8) is 0 Å². The highest BCUT2D eigenvalue weighted by molar-refractivity contribution is 6.16. The molecule has 0 aliphatic carbocycles. The smallest absolute Gasteiger partial charge is 0.123 e. The lowest BCUT2D eigenvalue weighted by Gasteiger charge is -1.93. The number of halogens is 1. The fraction of sp³-hybridized carbons (Fsp3) is 0.167. The summed E-state index contributed by atoms with van der Waals surface area (Å²) in [6.45, 7) is 0. The van der Waals surface area contributed by atoms with Crippen molar-refractivity contribution in [2.45, 2.75) is 5.88 Å². The van der Waals surface area contributed by atoms with Crippen molar-refractivity contribution in [3.8, 4) is 0 Å². The largest absolute Gasteiger partial charge is 0.384 e. The first kappa shape index (κ1) is 6.36. The van der Waals surface area contributed by atoms with E-state index in [4.69, 9.17) is 17.3 Å². The van der Waals surface area contributed by atoms with Crippen molar-refractivity contribution in [3.05, 3.63) is 23.9 Å². The highest BCUT2D eigenvalue weighted by Gasteiger charge is 1.89. The summed E-state index contributed by atoms with van der Waals surface area (Å²) in [4.78, 5) is 3.94. The molecule has 0 saturated carbocycles. The van der Waals surface area contributed by atoms with Crippen LogP contribution in [0.1, 0.15) is 5.69 Å². The summed E-state index contributed by atoms with van der Waals surface area (Å²) in [6.07, 6.45) is 0. The van der Waals surface area contributed by atoms with Crippen LogP contribution in [-0.2, 0) is 5.88 Å². The maximum absolute atomic E-state index is 5.48. The van der Waals surface area contributed by atoms with Crippen molar-refractivity contribution in [1.29, 1.82) is 0 Å². The predicted octanol–water partition coefficient (Wildman–Crippen LogP) is 1.40. The number of nitrogens with zero attached hydrogens (tertiary/aromatic N) is 1. The molecule has 2 nitrogen and oxygen atoms in total. The van der Waals surface area contributed by atoms with Crippen molar-refractivity contribution in [2.24, 2.45) is 0 Å². The zero-order valence-corrected chi connectivity index (χ0v) is 5.60. The molecule has 0 bridgehead atoms. The van der Waals surface area contributed by atoms with Gasteiger partial charge >= 0.3 is 0 Å². The molecule has 0 fully saturated rings. The number of nitrogen functional groups attached to an aromatic ring is 1. The molecular weight excluding hydrogens is 136 g/mol. The van der Waals surface area contributed by atoms with E-state index in [0.29, 0.717) is 11.7 Å². The summed E-state index contributed by atoms with van der Waals surface area (Å²) in [6, 6.07) is 5.40. The normalized spacial score (nSPS) is 9.44. The first-order chi connectivity index (χ1) is 4.33. The molecule has 1 aromatic rings. The zero-order chi connectivity index (χ0) is 6.69. The van der Waals surface area contributed by atoms with Gasteiger partial charge in [-0.3, -0.25) is 0 Å². The average molecular weight is 143 g/mol. The Morgan fingerprint density at radius 3 is 2.78 bits per heavy atom. The Bertz CT molecular complexity index is 200.